The van der Waals surface area contributed by atoms with E-state index >= 15 is 0 Å². The van der Waals surface area contributed by atoms with Gasteiger partial charge in [-0.15, -0.1) is 0 Å². The molecule has 146 valence electrons. The van der Waals surface area contributed by atoms with Gasteiger partial charge >= 0.3 is 5.97 Å². The van der Waals surface area contributed by atoms with Crippen LogP contribution in [0.25, 0.3) is 11.0 Å². The normalized spacial score (nSPS) is 19.3. The molecule has 1 aliphatic rings. The second kappa shape index (κ2) is 6.52. The number of hydrogen-bond acceptors (Lipinski definition) is 6. The number of nitrogens with two attached hydrogens (primary N) is 1. The highest BCUT2D eigenvalue weighted by Crippen LogP contribution is 2.36. The van der Waals surface area contributed by atoms with Crippen LogP contribution >= 0.6 is 0 Å². The number of nitrogens with zero attached hydrogens (tertiary/aromatic N) is 2. The van der Waals surface area contributed by atoms with Crippen molar-refractivity contribution in [1.29, 1.82) is 0 Å². The van der Waals surface area contributed by atoms with Gasteiger partial charge in [0.05, 0.1) is 28.4 Å². The molecule has 0 aliphatic heterocycles. The van der Waals surface area contributed by atoms with E-state index in [1.165, 1.54) is 12.4 Å². The van der Waals surface area contributed by atoms with E-state index in [0.29, 0.717) is 29.6 Å². The van der Waals surface area contributed by atoms with Crippen molar-refractivity contribution in [2.24, 2.45) is 5.92 Å². The van der Waals surface area contributed by atoms with Gasteiger partial charge in [-0.1, -0.05) is 17.7 Å². The molecule has 1 aromatic carbocycles. The van der Waals surface area contributed by atoms with E-state index in [2.05, 4.69) is 10.3 Å². The Morgan fingerprint density at radius 1 is 1.25 bits per heavy atom. The Labute approximate surface area is 162 Å². The number of nitrogen functional groups attached to an aromatic ring is 1. The van der Waals surface area contributed by atoms with Crippen LogP contribution in [0.3, 0.4) is 0 Å². The number of carbonyl (C=O) groups is 1. The molecule has 0 spiro atoms. The van der Waals surface area contributed by atoms with Crippen molar-refractivity contribution >= 4 is 38.4 Å². The molecule has 0 saturated heterocycles. The fourth-order valence-corrected chi connectivity index (χ4v) is 4.70. The van der Waals surface area contributed by atoms with Crippen molar-refractivity contribution in [2.75, 3.05) is 11.1 Å². The smallest absolute Gasteiger partial charge is 0.306 e. The summed E-state index contributed by atoms with van der Waals surface area (Å²) in [7, 11) is -3.80. The summed E-state index contributed by atoms with van der Waals surface area (Å²) in [5.41, 5.74) is 8.26. The molecule has 0 atom stereocenters. The van der Waals surface area contributed by atoms with E-state index in [1.807, 2.05) is 6.92 Å². The molecule has 2 aromatic heterocycles. The van der Waals surface area contributed by atoms with Gasteiger partial charge in [-0.25, -0.2) is 17.4 Å². The van der Waals surface area contributed by atoms with E-state index in [0.717, 1.165) is 9.54 Å². The molecule has 3 aromatic rings. The summed E-state index contributed by atoms with van der Waals surface area (Å²) in [6.07, 6.45) is 3.87. The maximum absolute atomic E-state index is 13.0. The van der Waals surface area contributed by atoms with Crippen molar-refractivity contribution in [2.45, 2.75) is 30.7 Å². The second-order valence-electron chi connectivity index (χ2n) is 7.10. The van der Waals surface area contributed by atoms with Gasteiger partial charge in [-0.2, -0.15) is 0 Å². The number of carboxylic acids is 1. The van der Waals surface area contributed by atoms with Crippen LogP contribution in [-0.4, -0.2) is 34.5 Å². The predicted octanol–water partition coefficient (Wildman–Crippen LogP) is 2.44. The van der Waals surface area contributed by atoms with E-state index < -0.39 is 16.0 Å². The molecule has 4 N–H and O–H groups in total. The number of aryl methyl sites for hydroxylation is 1. The van der Waals surface area contributed by atoms with Crippen LogP contribution in [0.1, 0.15) is 18.4 Å². The molecule has 28 heavy (non-hydrogen) atoms. The first-order chi connectivity index (χ1) is 13.3. The average molecular weight is 400 g/mol. The van der Waals surface area contributed by atoms with Crippen LogP contribution in [-0.2, 0) is 14.8 Å². The zero-order valence-electron chi connectivity index (χ0n) is 15.2. The quantitative estimate of drug-likeness (QED) is 0.600. The first-order valence-electron chi connectivity index (χ1n) is 8.84. The molecule has 1 fully saturated rings. The lowest BCUT2D eigenvalue weighted by molar-refractivity contribution is -0.144. The van der Waals surface area contributed by atoms with Crippen molar-refractivity contribution in [3.8, 4) is 0 Å². The maximum atomic E-state index is 13.0. The second-order valence-corrected chi connectivity index (χ2v) is 8.92. The largest absolute Gasteiger partial charge is 0.481 e. The summed E-state index contributed by atoms with van der Waals surface area (Å²) < 4.78 is 27.2. The molecule has 1 aliphatic carbocycles. The first kappa shape index (κ1) is 18.3. The zero-order valence-corrected chi connectivity index (χ0v) is 16.0. The number of aliphatic carboxylic acids is 1. The summed E-state index contributed by atoms with van der Waals surface area (Å²) >= 11 is 0. The van der Waals surface area contributed by atoms with E-state index in [-0.39, 0.29) is 22.5 Å². The number of anilines is 2. The third kappa shape index (κ3) is 2.97. The number of pyridine rings is 1. The lowest BCUT2D eigenvalue weighted by Crippen LogP contribution is -2.39. The topological polar surface area (TPSA) is 127 Å². The number of fused-ring (bicyclic) bond motifs is 1. The Hall–Kier alpha value is -3.07. The molecular weight excluding hydrogens is 380 g/mol. The standard InChI is InChI=1S/C19H20N4O4S/c1-11-2-4-14(5-3-11)28(26,27)23-7-6-15-17(16(20)10-21-18(15)23)22-13-8-12(9-13)19(24)25/h2-7,10,12-13H,8-9,20H2,1H3,(H,21,22)(H,24,25). The Morgan fingerprint density at radius 2 is 1.93 bits per heavy atom. The van der Waals surface area contributed by atoms with Gasteiger partial charge in [0.1, 0.15) is 0 Å². The molecule has 0 amide bonds. The molecule has 0 unspecified atom stereocenters. The van der Waals surface area contributed by atoms with Crippen LogP contribution < -0.4 is 11.1 Å². The van der Waals surface area contributed by atoms with Crippen molar-refractivity contribution in [3.05, 3.63) is 48.3 Å². The highest BCUT2D eigenvalue weighted by Gasteiger charge is 2.35. The minimum Gasteiger partial charge on any atom is -0.481 e. The summed E-state index contributed by atoms with van der Waals surface area (Å²) in [5.74, 6) is -1.16. The monoisotopic (exact) mass is 400 g/mol. The van der Waals surface area contributed by atoms with Gasteiger partial charge in [0.25, 0.3) is 10.0 Å². The van der Waals surface area contributed by atoms with Crippen LogP contribution in [0, 0.1) is 12.8 Å². The van der Waals surface area contributed by atoms with E-state index in [1.54, 1.807) is 30.3 Å². The molecular formula is C19H20N4O4S. The highest BCUT2D eigenvalue weighted by molar-refractivity contribution is 7.90. The molecule has 4 rings (SSSR count). The van der Waals surface area contributed by atoms with Crippen molar-refractivity contribution < 1.29 is 18.3 Å². The van der Waals surface area contributed by atoms with Crippen LogP contribution in [0.4, 0.5) is 11.4 Å². The van der Waals surface area contributed by atoms with Gasteiger partial charge in [-0.3, -0.25) is 4.79 Å². The van der Waals surface area contributed by atoms with Crippen molar-refractivity contribution in [1.82, 2.24) is 8.96 Å². The zero-order chi connectivity index (χ0) is 20.1. The number of carboxylic acid groups (broad SMARTS) is 1. The Bertz CT molecular complexity index is 1160. The van der Waals surface area contributed by atoms with Crippen molar-refractivity contribution in [3.63, 3.8) is 0 Å². The van der Waals surface area contributed by atoms with Crippen LogP contribution in [0.15, 0.2) is 47.6 Å². The van der Waals surface area contributed by atoms with Crippen LogP contribution in [0.2, 0.25) is 0 Å². The minimum atomic E-state index is -3.80. The Balaban J connectivity index is 1.71. The summed E-state index contributed by atoms with van der Waals surface area (Å²) in [6.45, 7) is 1.89. The van der Waals surface area contributed by atoms with E-state index in [9.17, 15) is 13.2 Å². The summed E-state index contributed by atoms with van der Waals surface area (Å²) in [6, 6.07) is 8.24. The Kier molecular flexibility index (Phi) is 4.26. The van der Waals surface area contributed by atoms with Gasteiger partial charge in [0, 0.05) is 17.6 Å². The predicted molar refractivity (Wildman–Crippen MR) is 106 cm³/mol. The third-order valence-corrected chi connectivity index (χ3v) is 6.80. The SMILES string of the molecule is Cc1ccc(S(=O)(=O)n2ccc3c(NC4CC(C(=O)O)C4)c(N)cnc32)cc1. The van der Waals surface area contributed by atoms with Gasteiger partial charge in [0.15, 0.2) is 5.65 Å². The first-order valence-corrected chi connectivity index (χ1v) is 10.3. The highest BCUT2D eigenvalue weighted by atomic mass is 32.2. The fourth-order valence-electron chi connectivity index (χ4n) is 3.40. The fraction of sp³-hybridized carbons (Fsp3) is 0.263. The number of rotatable bonds is 5. The maximum Gasteiger partial charge on any atom is 0.306 e. The molecule has 2 heterocycles. The molecule has 1 saturated carbocycles. The van der Waals surface area contributed by atoms with E-state index in [4.69, 9.17) is 10.8 Å². The third-order valence-electron chi connectivity index (χ3n) is 5.12. The average Bonchev–Trinajstić information content (AvgIpc) is 3.04. The lowest BCUT2D eigenvalue weighted by Gasteiger charge is -2.34. The van der Waals surface area contributed by atoms with Gasteiger partial charge < -0.3 is 16.2 Å². The number of aromatic nitrogens is 2. The van der Waals surface area contributed by atoms with Gasteiger partial charge in [-0.05, 0) is 38.0 Å². The molecule has 8 nitrogen and oxygen atoms in total. The number of hydrogen-bond donors (Lipinski definition) is 3. The summed E-state index contributed by atoms with van der Waals surface area (Å²) in [5, 5.41) is 12.9. The lowest BCUT2D eigenvalue weighted by atomic mass is 9.80. The number of benzene rings is 1. The van der Waals surface area contributed by atoms with Crippen LogP contribution in [0.5, 0.6) is 0 Å². The Morgan fingerprint density at radius 3 is 2.57 bits per heavy atom. The molecule has 0 radical (unpaired) electrons. The number of nitrogens with one attached hydrogen (secondary N) is 1. The van der Waals surface area contributed by atoms with Gasteiger partial charge in [0.2, 0.25) is 0 Å². The minimum absolute atomic E-state index is 0.0222. The molecule has 9 heteroatoms. The molecule has 0 bridgehead atoms. The summed E-state index contributed by atoms with van der Waals surface area (Å²) in [4.78, 5) is 15.4.